The van der Waals surface area contributed by atoms with E-state index in [1.165, 1.54) is 11.0 Å². The molecule has 0 aromatic heterocycles. The first-order valence-electron chi connectivity index (χ1n) is 6.43. The van der Waals surface area contributed by atoms with Crippen LogP contribution in [0.2, 0.25) is 0 Å². The molecule has 1 heterocycles. The number of halogens is 1. The Morgan fingerprint density at radius 2 is 2.10 bits per heavy atom. The highest BCUT2D eigenvalue weighted by atomic mass is 19.1. The van der Waals surface area contributed by atoms with Crippen LogP contribution in [0, 0.1) is 24.6 Å². The second kappa shape index (κ2) is 5.48. The van der Waals surface area contributed by atoms with Gasteiger partial charge < -0.3 is 15.3 Å². The maximum atomic E-state index is 13.4. The van der Waals surface area contributed by atoms with Crippen molar-refractivity contribution < 1.29 is 19.1 Å². The Balaban J connectivity index is 2.02. The summed E-state index contributed by atoms with van der Waals surface area (Å²) in [6.07, 6.45) is 0. The van der Waals surface area contributed by atoms with E-state index in [4.69, 9.17) is 5.11 Å². The Kier molecular flexibility index (Phi) is 3.92. The molecular weight excluding hydrogens is 263 g/mol. The predicted molar refractivity (Wildman–Crippen MR) is 72.0 cm³/mol. The molecule has 1 aliphatic rings. The van der Waals surface area contributed by atoms with E-state index in [9.17, 15) is 14.0 Å². The molecule has 2 amide bonds. The first kappa shape index (κ1) is 14.3. The normalized spacial score (nSPS) is 21.9. The standard InChI is InChI=1S/C14H17FN2O3/c1-8-3-4-10(5-12(8)15)16-14(20)17-6-9(2)11(7-17)13(18)19/h3-5,9,11H,6-7H2,1-2H3,(H,16,20)(H,18,19). The number of hydrogen-bond acceptors (Lipinski definition) is 2. The lowest BCUT2D eigenvalue weighted by Crippen LogP contribution is -2.33. The molecule has 0 bridgehead atoms. The van der Waals surface area contributed by atoms with Crippen molar-refractivity contribution >= 4 is 17.7 Å². The number of carboxylic acids is 1. The fraction of sp³-hybridized carbons (Fsp3) is 0.429. The second-order valence-electron chi connectivity index (χ2n) is 5.22. The zero-order valence-electron chi connectivity index (χ0n) is 11.4. The van der Waals surface area contributed by atoms with E-state index in [1.807, 2.05) is 0 Å². The van der Waals surface area contributed by atoms with Gasteiger partial charge in [0.2, 0.25) is 0 Å². The summed E-state index contributed by atoms with van der Waals surface area (Å²) in [4.78, 5) is 24.5. The van der Waals surface area contributed by atoms with Crippen LogP contribution in [0.1, 0.15) is 12.5 Å². The maximum Gasteiger partial charge on any atom is 0.321 e. The van der Waals surface area contributed by atoms with Crippen molar-refractivity contribution in [2.75, 3.05) is 18.4 Å². The fourth-order valence-corrected chi connectivity index (χ4v) is 2.33. The number of aryl methyl sites for hydroxylation is 1. The molecule has 0 aliphatic carbocycles. The molecule has 0 spiro atoms. The lowest BCUT2D eigenvalue weighted by Gasteiger charge is -2.17. The van der Waals surface area contributed by atoms with Crippen molar-refractivity contribution in [1.29, 1.82) is 0 Å². The van der Waals surface area contributed by atoms with E-state index < -0.39 is 17.9 Å². The highest BCUT2D eigenvalue weighted by Crippen LogP contribution is 2.24. The Morgan fingerprint density at radius 1 is 1.40 bits per heavy atom. The van der Waals surface area contributed by atoms with Crippen molar-refractivity contribution in [1.82, 2.24) is 4.90 Å². The molecule has 1 aromatic rings. The van der Waals surface area contributed by atoms with Crippen LogP contribution in [0.3, 0.4) is 0 Å². The van der Waals surface area contributed by atoms with Crippen LogP contribution in [-0.4, -0.2) is 35.1 Å². The average molecular weight is 280 g/mol. The van der Waals surface area contributed by atoms with Crippen LogP contribution < -0.4 is 5.32 Å². The van der Waals surface area contributed by atoms with E-state index >= 15 is 0 Å². The van der Waals surface area contributed by atoms with Crippen LogP contribution in [0.25, 0.3) is 0 Å². The van der Waals surface area contributed by atoms with Gasteiger partial charge in [0.15, 0.2) is 0 Å². The summed E-state index contributed by atoms with van der Waals surface area (Å²) in [6, 6.07) is 4.05. The zero-order valence-corrected chi connectivity index (χ0v) is 11.4. The Labute approximate surface area is 116 Å². The van der Waals surface area contributed by atoms with Gasteiger partial charge in [-0.05, 0) is 30.5 Å². The zero-order chi connectivity index (χ0) is 14.9. The number of benzene rings is 1. The Hall–Kier alpha value is -2.11. The lowest BCUT2D eigenvalue weighted by molar-refractivity contribution is -0.142. The smallest absolute Gasteiger partial charge is 0.321 e. The van der Waals surface area contributed by atoms with Gasteiger partial charge in [0.05, 0.1) is 5.92 Å². The van der Waals surface area contributed by atoms with Gasteiger partial charge in [0.25, 0.3) is 0 Å². The van der Waals surface area contributed by atoms with Crippen molar-refractivity contribution in [2.45, 2.75) is 13.8 Å². The number of carbonyl (C=O) groups excluding carboxylic acids is 1. The van der Waals surface area contributed by atoms with Crippen molar-refractivity contribution in [3.8, 4) is 0 Å². The molecule has 2 N–H and O–H groups in total. The molecular formula is C14H17FN2O3. The minimum atomic E-state index is -0.894. The fourth-order valence-electron chi connectivity index (χ4n) is 2.33. The van der Waals surface area contributed by atoms with Gasteiger partial charge in [-0.1, -0.05) is 13.0 Å². The third-order valence-corrected chi connectivity index (χ3v) is 3.64. The van der Waals surface area contributed by atoms with Crippen molar-refractivity contribution in [3.05, 3.63) is 29.6 Å². The summed E-state index contributed by atoms with van der Waals surface area (Å²) in [5.74, 6) is -1.92. The molecule has 5 nitrogen and oxygen atoms in total. The van der Waals surface area contributed by atoms with E-state index in [-0.39, 0.29) is 18.3 Å². The largest absolute Gasteiger partial charge is 0.481 e. The van der Waals surface area contributed by atoms with Gasteiger partial charge in [-0.25, -0.2) is 9.18 Å². The highest BCUT2D eigenvalue weighted by Gasteiger charge is 2.36. The third kappa shape index (κ3) is 2.89. The number of likely N-dealkylation sites (tertiary alicyclic amines) is 1. The number of carbonyl (C=O) groups is 2. The van der Waals surface area contributed by atoms with E-state index in [0.717, 1.165) is 0 Å². The number of urea groups is 1. The second-order valence-corrected chi connectivity index (χ2v) is 5.22. The number of anilines is 1. The summed E-state index contributed by atoms with van der Waals surface area (Å²) in [5.41, 5.74) is 0.869. The molecule has 0 radical (unpaired) electrons. The number of carboxylic acid groups (broad SMARTS) is 1. The quantitative estimate of drug-likeness (QED) is 0.873. The minimum Gasteiger partial charge on any atom is -0.481 e. The van der Waals surface area contributed by atoms with E-state index in [2.05, 4.69) is 5.32 Å². The van der Waals surface area contributed by atoms with Crippen molar-refractivity contribution in [2.24, 2.45) is 11.8 Å². The lowest BCUT2D eigenvalue weighted by atomic mass is 9.99. The van der Waals surface area contributed by atoms with Crippen LogP contribution >= 0.6 is 0 Å². The molecule has 20 heavy (non-hydrogen) atoms. The molecule has 2 rings (SSSR count). The molecule has 1 aromatic carbocycles. The third-order valence-electron chi connectivity index (χ3n) is 3.64. The number of aliphatic carboxylic acids is 1. The van der Waals surface area contributed by atoms with Gasteiger partial charge in [0.1, 0.15) is 5.82 Å². The SMILES string of the molecule is Cc1ccc(NC(=O)N2CC(C)C(C(=O)O)C2)cc1F. The monoisotopic (exact) mass is 280 g/mol. The summed E-state index contributed by atoms with van der Waals surface area (Å²) < 4.78 is 13.4. The first-order chi connectivity index (χ1) is 9.38. The first-order valence-corrected chi connectivity index (χ1v) is 6.43. The van der Waals surface area contributed by atoms with E-state index in [1.54, 1.807) is 26.0 Å². The molecule has 2 unspecified atom stereocenters. The summed E-state index contributed by atoms with van der Waals surface area (Å²) >= 11 is 0. The minimum absolute atomic E-state index is 0.0898. The van der Waals surface area contributed by atoms with Gasteiger partial charge in [0, 0.05) is 18.8 Å². The molecule has 108 valence electrons. The number of hydrogen-bond donors (Lipinski definition) is 2. The molecule has 1 aliphatic heterocycles. The number of rotatable bonds is 2. The Bertz CT molecular complexity index is 547. The predicted octanol–water partition coefficient (Wildman–Crippen LogP) is 2.32. The maximum absolute atomic E-state index is 13.4. The summed E-state index contributed by atoms with van der Waals surface area (Å²) in [5, 5.41) is 11.6. The number of nitrogens with one attached hydrogen (secondary N) is 1. The number of nitrogens with zero attached hydrogens (tertiary/aromatic N) is 1. The van der Waals surface area contributed by atoms with Crippen LogP contribution in [0.4, 0.5) is 14.9 Å². The Morgan fingerprint density at radius 3 is 2.65 bits per heavy atom. The topological polar surface area (TPSA) is 69.6 Å². The highest BCUT2D eigenvalue weighted by molar-refractivity contribution is 5.90. The summed E-state index contributed by atoms with van der Waals surface area (Å²) in [7, 11) is 0. The molecule has 6 heteroatoms. The molecule has 2 atom stereocenters. The van der Waals surface area contributed by atoms with E-state index in [0.29, 0.717) is 17.8 Å². The average Bonchev–Trinajstić information content (AvgIpc) is 2.76. The van der Waals surface area contributed by atoms with Crippen LogP contribution in [-0.2, 0) is 4.79 Å². The molecule has 1 fully saturated rings. The van der Waals surface area contributed by atoms with Crippen LogP contribution in [0.15, 0.2) is 18.2 Å². The number of amides is 2. The van der Waals surface area contributed by atoms with Gasteiger partial charge in [-0.15, -0.1) is 0 Å². The summed E-state index contributed by atoms with van der Waals surface area (Å²) in [6.45, 7) is 4.01. The van der Waals surface area contributed by atoms with Crippen LogP contribution in [0.5, 0.6) is 0 Å². The van der Waals surface area contributed by atoms with Crippen molar-refractivity contribution in [3.63, 3.8) is 0 Å². The van der Waals surface area contributed by atoms with Gasteiger partial charge >= 0.3 is 12.0 Å². The van der Waals surface area contributed by atoms with Gasteiger partial charge in [-0.3, -0.25) is 4.79 Å². The van der Waals surface area contributed by atoms with Gasteiger partial charge in [-0.2, -0.15) is 0 Å². The molecule has 0 saturated carbocycles. The molecule has 1 saturated heterocycles.